The van der Waals surface area contributed by atoms with Crippen LogP contribution >= 0.6 is 0 Å². The van der Waals surface area contributed by atoms with Gasteiger partial charge in [-0.25, -0.2) is 0 Å². The lowest BCUT2D eigenvalue weighted by Crippen LogP contribution is -2.29. The molecule has 1 aliphatic heterocycles. The van der Waals surface area contributed by atoms with Gasteiger partial charge in [-0.15, -0.1) is 0 Å². The predicted octanol–water partition coefficient (Wildman–Crippen LogP) is -0.127. The molecular weight excluding hydrogens is 208 g/mol. The minimum atomic E-state index is -0.379. The van der Waals surface area contributed by atoms with Crippen LogP contribution in [0.2, 0.25) is 0 Å². The number of hydrogen-bond donors (Lipinski definition) is 2. The normalized spacial score (nSPS) is 20.4. The molecular formula is C11H20N2O3. The third kappa shape index (κ3) is 3.81. The summed E-state index contributed by atoms with van der Waals surface area (Å²) in [5, 5.41) is 8.60. The van der Waals surface area contributed by atoms with Crippen LogP contribution < -0.4 is 5.73 Å². The molecule has 16 heavy (non-hydrogen) atoms. The number of nitrogens with two attached hydrogens (primary N) is 1. The first-order valence-corrected chi connectivity index (χ1v) is 5.83. The van der Waals surface area contributed by atoms with E-state index >= 15 is 0 Å². The van der Waals surface area contributed by atoms with E-state index in [9.17, 15) is 9.59 Å². The van der Waals surface area contributed by atoms with Gasteiger partial charge in [-0.3, -0.25) is 9.59 Å². The Labute approximate surface area is 95.6 Å². The van der Waals surface area contributed by atoms with Gasteiger partial charge in [0.25, 0.3) is 0 Å². The average molecular weight is 228 g/mol. The van der Waals surface area contributed by atoms with Gasteiger partial charge in [0.2, 0.25) is 11.8 Å². The van der Waals surface area contributed by atoms with Crippen LogP contribution in [0.25, 0.3) is 0 Å². The lowest BCUT2D eigenvalue weighted by Gasteiger charge is -2.15. The van der Waals surface area contributed by atoms with Crippen molar-refractivity contribution in [2.75, 3.05) is 19.7 Å². The number of carbonyl (C=O) groups excluding carboxylic acids is 2. The Morgan fingerprint density at radius 3 is 2.62 bits per heavy atom. The number of carbonyl (C=O) groups is 2. The van der Waals surface area contributed by atoms with Crippen molar-refractivity contribution >= 4 is 11.8 Å². The maximum atomic E-state index is 11.5. The van der Waals surface area contributed by atoms with Crippen molar-refractivity contribution in [1.29, 1.82) is 0 Å². The number of amides is 2. The summed E-state index contributed by atoms with van der Waals surface area (Å²) in [5.41, 5.74) is 5.17. The lowest BCUT2D eigenvalue weighted by molar-refractivity contribution is -0.128. The second-order valence-corrected chi connectivity index (χ2v) is 4.28. The van der Waals surface area contributed by atoms with Crippen molar-refractivity contribution in [2.45, 2.75) is 32.1 Å². The Morgan fingerprint density at radius 1 is 1.38 bits per heavy atom. The average Bonchev–Trinajstić information content (AvgIpc) is 2.60. The molecule has 0 bridgehead atoms. The highest BCUT2D eigenvalue weighted by atomic mass is 16.3. The van der Waals surface area contributed by atoms with Crippen LogP contribution in [0.15, 0.2) is 0 Å². The first kappa shape index (κ1) is 13.0. The van der Waals surface area contributed by atoms with E-state index in [4.69, 9.17) is 10.8 Å². The molecule has 1 atom stereocenters. The van der Waals surface area contributed by atoms with Gasteiger partial charge in [0.05, 0.1) is 5.92 Å². The third-order valence-corrected chi connectivity index (χ3v) is 2.95. The Morgan fingerprint density at radius 2 is 2.06 bits per heavy atom. The molecule has 1 fully saturated rings. The first-order chi connectivity index (χ1) is 7.65. The van der Waals surface area contributed by atoms with Gasteiger partial charge in [-0.05, 0) is 12.8 Å². The van der Waals surface area contributed by atoms with Gasteiger partial charge in [0.1, 0.15) is 0 Å². The quantitative estimate of drug-likeness (QED) is 0.595. The fourth-order valence-electron chi connectivity index (χ4n) is 1.95. The van der Waals surface area contributed by atoms with E-state index in [1.54, 1.807) is 4.90 Å². The smallest absolute Gasteiger partial charge is 0.223 e. The van der Waals surface area contributed by atoms with Gasteiger partial charge in [0, 0.05) is 26.1 Å². The standard InChI is InChI=1S/C11H20N2O3/c12-11(16)9-7-10(15)13(8-9)5-3-1-2-4-6-14/h9,14H,1-8H2,(H2,12,16). The van der Waals surface area contributed by atoms with Crippen molar-refractivity contribution < 1.29 is 14.7 Å². The molecule has 0 aromatic carbocycles. The van der Waals surface area contributed by atoms with Gasteiger partial charge in [-0.1, -0.05) is 12.8 Å². The highest BCUT2D eigenvalue weighted by Crippen LogP contribution is 2.17. The summed E-state index contributed by atoms with van der Waals surface area (Å²) < 4.78 is 0. The van der Waals surface area contributed by atoms with Crippen molar-refractivity contribution in [1.82, 2.24) is 4.90 Å². The number of rotatable bonds is 7. The monoisotopic (exact) mass is 228 g/mol. The number of aliphatic hydroxyl groups is 1. The second kappa shape index (κ2) is 6.48. The van der Waals surface area contributed by atoms with Gasteiger partial charge in [-0.2, -0.15) is 0 Å². The Balaban J connectivity index is 2.18. The van der Waals surface area contributed by atoms with Crippen LogP contribution in [0.5, 0.6) is 0 Å². The maximum Gasteiger partial charge on any atom is 0.223 e. The molecule has 1 rings (SSSR count). The van der Waals surface area contributed by atoms with E-state index in [-0.39, 0.29) is 30.8 Å². The predicted molar refractivity (Wildman–Crippen MR) is 59.4 cm³/mol. The van der Waals surface area contributed by atoms with Crippen LogP contribution in [0.4, 0.5) is 0 Å². The van der Waals surface area contributed by atoms with Crippen LogP contribution in [0.1, 0.15) is 32.1 Å². The fraction of sp³-hybridized carbons (Fsp3) is 0.818. The summed E-state index contributed by atoms with van der Waals surface area (Å²) in [6.07, 6.45) is 4.00. The van der Waals surface area contributed by atoms with Crippen LogP contribution in [0.3, 0.4) is 0 Å². The zero-order valence-electron chi connectivity index (χ0n) is 9.52. The summed E-state index contributed by atoms with van der Waals surface area (Å²) in [6, 6.07) is 0. The molecule has 1 unspecified atom stereocenters. The number of nitrogens with zero attached hydrogens (tertiary/aromatic N) is 1. The SMILES string of the molecule is NC(=O)C1CC(=O)N(CCCCCCO)C1. The number of hydrogen-bond acceptors (Lipinski definition) is 3. The Hall–Kier alpha value is -1.10. The van der Waals surface area contributed by atoms with E-state index in [1.807, 2.05) is 0 Å². The fourth-order valence-corrected chi connectivity index (χ4v) is 1.95. The highest BCUT2D eigenvalue weighted by Gasteiger charge is 2.32. The summed E-state index contributed by atoms with van der Waals surface area (Å²) in [6.45, 7) is 1.41. The summed E-state index contributed by atoms with van der Waals surface area (Å²) in [7, 11) is 0. The number of unbranched alkanes of at least 4 members (excludes halogenated alkanes) is 3. The van der Waals surface area contributed by atoms with Crippen molar-refractivity contribution in [2.24, 2.45) is 11.7 Å². The molecule has 5 nitrogen and oxygen atoms in total. The van der Waals surface area contributed by atoms with E-state index in [0.29, 0.717) is 13.1 Å². The Bertz CT molecular complexity index is 256. The number of primary amides is 1. The highest BCUT2D eigenvalue weighted by molar-refractivity contribution is 5.88. The number of aliphatic hydroxyl groups excluding tert-OH is 1. The molecule has 2 amide bonds. The zero-order valence-corrected chi connectivity index (χ0v) is 9.52. The molecule has 0 aliphatic carbocycles. The van der Waals surface area contributed by atoms with E-state index in [0.717, 1.165) is 25.7 Å². The van der Waals surface area contributed by atoms with Crippen molar-refractivity contribution in [3.05, 3.63) is 0 Å². The number of likely N-dealkylation sites (tertiary alicyclic amines) is 1. The molecule has 0 radical (unpaired) electrons. The molecule has 0 aromatic heterocycles. The topological polar surface area (TPSA) is 83.6 Å². The first-order valence-electron chi connectivity index (χ1n) is 5.83. The van der Waals surface area contributed by atoms with Gasteiger partial charge < -0.3 is 15.7 Å². The summed E-state index contributed by atoms with van der Waals surface area (Å²) in [4.78, 5) is 24.1. The molecule has 0 saturated carbocycles. The van der Waals surface area contributed by atoms with E-state index in [1.165, 1.54) is 0 Å². The maximum absolute atomic E-state index is 11.5. The molecule has 92 valence electrons. The molecule has 1 saturated heterocycles. The minimum absolute atomic E-state index is 0.0333. The summed E-state index contributed by atoms with van der Waals surface area (Å²) >= 11 is 0. The van der Waals surface area contributed by atoms with Gasteiger partial charge >= 0.3 is 0 Å². The van der Waals surface area contributed by atoms with Crippen molar-refractivity contribution in [3.63, 3.8) is 0 Å². The van der Waals surface area contributed by atoms with E-state index < -0.39 is 0 Å². The second-order valence-electron chi connectivity index (χ2n) is 4.28. The molecule has 3 N–H and O–H groups in total. The third-order valence-electron chi connectivity index (χ3n) is 2.95. The Kier molecular flexibility index (Phi) is 5.25. The molecule has 0 spiro atoms. The molecule has 0 aromatic rings. The molecule has 1 aliphatic rings. The minimum Gasteiger partial charge on any atom is -0.396 e. The molecule has 1 heterocycles. The summed E-state index contributed by atoms with van der Waals surface area (Å²) in [5.74, 6) is -0.646. The molecule has 5 heteroatoms. The van der Waals surface area contributed by atoms with E-state index in [2.05, 4.69) is 0 Å². The van der Waals surface area contributed by atoms with Crippen LogP contribution in [-0.4, -0.2) is 41.5 Å². The van der Waals surface area contributed by atoms with Crippen molar-refractivity contribution in [3.8, 4) is 0 Å². The zero-order chi connectivity index (χ0) is 12.0. The lowest BCUT2D eigenvalue weighted by atomic mass is 10.1. The van der Waals surface area contributed by atoms with Crippen LogP contribution in [0, 0.1) is 5.92 Å². The van der Waals surface area contributed by atoms with Crippen LogP contribution in [-0.2, 0) is 9.59 Å². The van der Waals surface area contributed by atoms with Gasteiger partial charge in [0.15, 0.2) is 0 Å². The largest absolute Gasteiger partial charge is 0.396 e.